The maximum atomic E-state index is 12.4. The van der Waals surface area contributed by atoms with Gasteiger partial charge < -0.3 is 25.6 Å². The highest BCUT2D eigenvalue weighted by Crippen LogP contribution is 2.16. The summed E-state index contributed by atoms with van der Waals surface area (Å²) in [7, 11) is 3.40. The van der Waals surface area contributed by atoms with E-state index in [1.165, 1.54) is 4.90 Å². The fourth-order valence-electron chi connectivity index (χ4n) is 2.54. The zero-order valence-corrected chi connectivity index (χ0v) is 20.1. The van der Waals surface area contributed by atoms with Crippen molar-refractivity contribution in [2.75, 3.05) is 27.2 Å². The van der Waals surface area contributed by atoms with Crippen molar-refractivity contribution < 1.29 is 14.3 Å². The Balaban J connectivity index is 2.85. The number of ether oxygens (including phenoxy) is 1. The van der Waals surface area contributed by atoms with Gasteiger partial charge in [0.25, 0.3) is 0 Å². The number of nitrogens with zero attached hydrogens (tertiary/aromatic N) is 2. The molecular weight excluding hydrogens is 402 g/mol. The number of hydrogen-bond donors (Lipinski definition) is 3. The van der Waals surface area contributed by atoms with Crippen molar-refractivity contribution in [3.05, 3.63) is 22.4 Å². The van der Waals surface area contributed by atoms with Crippen LogP contribution in [0.25, 0.3) is 0 Å². The Morgan fingerprint density at radius 1 is 1.17 bits per heavy atom. The molecule has 0 aliphatic carbocycles. The maximum Gasteiger partial charge on any atom is 0.408 e. The van der Waals surface area contributed by atoms with E-state index in [-0.39, 0.29) is 12.5 Å². The molecule has 170 valence electrons. The number of thiophene rings is 1. The Hall–Kier alpha value is -2.29. The molecule has 1 aromatic heterocycles. The fourth-order valence-corrected chi connectivity index (χ4v) is 3.18. The summed E-state index contributed by atoms with van der Waals surface area (Å²) in [6.07, 6.45) is 0.982. The summed E-state index contributed by atoms with van der Waals surface area (Å²) in [5.41, 5.74) is -1.06. The second kappa shape index (κ2) is 11.8. The van der Waals surface area contributed by atoms with Crippen LogP contribution in [0.3, 0.4) is 0 Å². The number of likely N-dealkylation sites (N-methyl/N-ethyl adjacent to an activating group) is 1. The number of carbonyl (C=O) groups is 2. The molecule has 0 spiro atoms. The first kappa shape index (κ1) is 25.7. The lowest BCUT2D eigenvalue weighted by atomic mass is 9.93. The lowest BCUT2D eigenvalue weighted by Crippen LogP contribution is -2.57. The van der Waals surface area contributed by atoms with E-state index in [0.29, 0.717) is 31.9 Å². The summed E-state index contributed by atoms with van der Waals surface area (Å²) >= 11 is 1.65. The third kappa shape index (κ3) is 9.47. The molecule has 30 heavy (non-hydrogen) atoms. The van der Waals surface area contributed by atoms with Crippen LogP contribution in [-0.4, -0.2) is 61.2 Å². The van der Waals surface area contributed by atoms with Crippen LogP contribution in [0.4, 0.5) is 4.79 Å². The number of guanidine groups is 1. The van der Waals surface area contributed by atoms with E-state index >= 15 is 0 Å². The molecule has 0 bridgehead atoms. The van der Waals surface area contributed by atoms with Crippen LogP contribution in [0.1, 0.15) is 52.3 Å². The van der Waals surface area contributed by atoms with Gasteiger partial charge in [-0.2, -0.15) is 0 Å². The molecule has 3 N–H and O–H groups in total. The van der Waals surface area contributed by atoms with Crippen LogP contribution in [0.15, 0.2) is 22.5 Å². The quantitative estimate of drug-likeness (QED) is 0.406. The standard InChI is InChI=1S/C21H37N5O3S/c1-8-21(9-2,25-19(28)29-20(3,4)5)15-24-18(23-14-17(27)26(6)7)22-13-16-11-10-12-30-16/h10-12H,8-9,13-15H2,1-7H3,(H,25,28)(H2,22,23,24). The first-order chi connectivity index (χ1) is 14.0. The molecule has 0 saturated carbocycles. The number of alkyl carbamates (subject to hydrolysis) is 1. The lowest BCUT2D eigenvalue weighted by molar-refractivity contribution is -0.127. The summed E-state index contributed by atoms with van der Waals surface area (Å²) in [5, 5.41) is 11.6. The van der Waals surface area contributed by atoms with Gasteiger partial charge in [0.15, 0.2) is 5.96 Å². The van der Waals surface area contributed by atoms with Crippen LogP contribution in [0, 0.1) is 0 Å². The third-order valence-electron chi connectivity index (χ3n) is 4.60. The Labute approximate surface area is 184 Å². The summed E-state index contributed by atoms with van der Waals surface area (Å²) in [5.74, 6) is 0.437. The smallest absolute Gasteiger partial charge is 0.408 e. The van der Waals surface area contributed by atoms with Crippen molar-refractivity contribution in [2.24, 2.45) is 4.99 Å². The minimum Gasteiger partial charge on any atom is -0.444 e. The highest BCUT2D eigenvalue weighted by atomic mass is 32.1. The normalized spacial score (nSPS) is 12.3. The Bertz CT molecular complexity index is 692. The van der Waals surface area contributed by atoms with E-state index in [4.69, 9.17) is 4.74 Å². The Kier molecular flexibility index (Phi) is 10.1. The van der Waals surface area contributed by atoms with E-state index in [1.807, 2.05) is 52.1 Å². The predicted octanol–water partition coefficient (Wildman–Crippen LogP) is 2.96. The fraction of sp³-hybridized carbons (Fsp3) is 0.667. The van der Waals surface area contributed by atoms with Gasteiger partial charge in [-0.15, -0.1) is 11.3 Å². The van der Waals surface area contributed by atoms with Gasteiger partial charge in [0.1, 0.15) is 12.1 Å². The third-order valence-corrected chi connectivity index (χ3v) is 5.47. The van der Waals surface area contributed by atoms with Crippen molar-refractivity contribution in [3.8, 4) is 0 Å². The molecule has 1 aromatic rings. The number of carbonyl (C=O) groups excluding carboxylic acids is 2. The van der Waals surface area contributed by atoms with E-state index < -0.39 is 17.2 Å². The van der Waals surface area contributed by atoms with Crippen molar-refractivity contribution in [1.29, 1.82) is 0 Å². The summed E-state index contributed by atoms with van der Waals surface area (Å²) in [4.78, 5) is 31.4. The van der Waals surface area contributed by atoms with Gasteiger partial charge in [0, 0.05) is 25.5 Å². The van der Waals surface area contributed by atoms with Crippen LogP contribution in [0.5, 0.6) is 0 Å². The molecule has 0 radical (unpaired) electrons. The average Bonchev–Trinajstić information content (AvgIpc) is 3.18. The largest absolute Gasteiger partial charge is 0.444 e. The maximum absolute atomic E-state index is 12.4. The molecule has 1 heterocycles. The van der Waals surface area contributed by atoms with E-state index in [1.54, 1.807) is 25.4 Å². The monoisotopic (exact) mass is 439 g/mol. The Morgan fingerprint density at radius 2 is 1.83 bits per heavy atom. The molecule has 0 atom stereocenters. The predicted molar refractivity (Wildman–Crippen MR) is 123 cm³/mol. The van der Waals surface area contributed by atoms with Crippen LogP contribution in [-0.2, 0) is 16.1 Å². The summed E-state index contributed by atoms with van der Waals surface area (Å²) < 4.78 is 5.43. The zero-order valence-electron chi connectivity index (χ0n) is 19.3. The SMILES string of the molecule is CCC(CC)(CNC(=NCC(=O)N(C)C)NCc1cccs1)NC(=O)OC(C)(C)C. The number of rotatable bonds is 9. The van der Waals surface area contributed by atoms with Gasteiger partial charge in [0.2, 0.25) is 5.91 Å². The summed E-state index contributed by atoms with van der Waals surface area (Å²) in [6, 6.07) is 4.03. The number of hydrogen-bond acceptors (Lipinski definition) is 5. The molecule has 1 rings (SSSR count). The minimum absolute atomic E-state index is 0.0392. The molecule has 0 aliphatic heterocycles. The van der Waals surface area contributed by atoms with Gasteiger partial charge in [-0.1, -0.05) is 19.9 Å². The number of aliphatic imine (C=N–C) groups is 1. The first-order valence-corrected chi connectivity index (χ1v) is 11.1. The van der Waals surface area contributed by atoms with Gasteiger partial charge in [0.05, 0.1) is 12.1 Å². The molecule has 2 amide bonds. The molecule has 8 nitrogen and oxygen atoms in total. The van der Waals surface area contributed by atoms with Crippen LogP contribution >= 0.6 is 11.3 Å². The van der Waals surface area contributed by atoms with E-state index in [0.717, 1.165) is 4.88 Å². The van der Waals surface area contributed by atoms with Gasteiger partial charge >= 0.3 is 6.09 Å². The van der Waals surface area contributed by atoms with E-state index in [9.17, 15) is 9.59 Å². The molecule has 0 aliphatic rings. The summed E-state index contributed by atoms with van der Waals surface area (Å²) in [6.45, 7) is 10.7. The molecule has 0 unspecified atom stereocenters. The number of nitrogens with one attached hydrogen (secondary N) is 3. The second-order valence-corrected chi connectivity index (χ2v) is 9.39. The molecule has 0 aromatic carbocycles. The van der Waals surface area contributed by atoms with Crippen molar-refractivity contribution in [3.63, 3.8) is 0 Å². The highest BCUT2D eigenvalue weighted by Gasteiger charge is 2.30. The average molecular weight is 440 g/mol. The van der Waals surface area contributed by atoms with Gasteiger partial charge in [-0.05, 0) is 45.1 Å². The van der Waals surface area contributed by atoms with Crippen molar-refractivity contribution in [2.45, 2.75) is 65.1 Å². The second-order valence-electron chi connectivity index (χ2n) is 8.35. The lowest BCUT2D eigenvalue weighted by Gasteiger charge is -2.34. The van der Waals surface area contributed by atoms with E-state index in [2.05, 4.69) is 20.9 Å². The first-order valence-electron chi connectivity index (χ1n) is 10.3. The molecule has 0 fully saturated rings. The number of amides is 2. The van der Waals surface area contributed by atoms with Gasteiger partial charge in [-0.3, -0.25) is 4.79 Å². The van der Waals surface area contributed by atoms with Crippen molar-refractivity contribution in [1.82, 2.24) is 20.9 Å². The molecule has 9 heteroatoms. The highest BCUT2D eigenvalue weighted by molar-refractivity contribution is 7.09. The minimum atomic E-state index is -0.563. The van der Waals surface area contributed by atoms with Crippen molar-refractivity contribution >= 4 is 29.3 Å². The molecule has 0 saturated heterocycles. The van der Waals surface area contributed by atoms with Crippen LogP contribution in [0.2, 0.25) is 0 Å². The van der Waals surface area contributed by atoms with Crippen LogP contribution < -0.4 is 16.0 Å². The van der Waals surface area contributed by atoms with Gasteiger partial charge in [-0.25, -0.2) is 9.79 Å². The molecular formula is C21H37N5O3S. The zero-order chi connectivity index (χ0) is 22.8. The Morgan fingerprint density at radius 3 is 2.33 bits per heavy atom. The topological polar surface area (TPSA) is 95.1 Å².